The number of hydrogen-bond donors (Lipinski definition) is 2. The molecule has 0 aliphatic carbocycles. The quantitative estimate of drug-likeness (QED) is 0.905. The maximum absolute atomic E-state index is 12.9. The molecule has 1 heterocycles. The summed E-state index contributed by atoms with van der Waals surface area (Å²) in [6, 6.07) is 3.45. The van der Waals surface area contributed by atoms with Crippen molar-refractivity contribution >= 4 is 17.5 Å². The Morgan fingerprint density at radius 2 is 2.37 bits per heavy atom. The van der Waals surface area contributed by atoms with Crippen LogP contribution in [0.15, 0.2) is 30.6 Å². The van der Waals surface area contributed by atoms with Gasteiger partial charge in [-0.2, -0.15) is 0 Å². The van der Waals surface area contributed by atoms with Crippen LogP contribution in [-0.2, 0) is 0 Å². The van der Waals surface area contributed by atoms with Gasteiger partial charge < -0.3 is 10.3 Å². The fourth-order valence-corrected chi connectivity index (χ4v) is 1.99. The van der Waals surface area contributed by atoms with E-state index < -0.39 is 5.82 Å². The Balaban J connectivity index is 2.16. The third-order valence-electron chi connectivity index (χ3n) is 2.74. The molecule has 100 valence electrons. The molecule has 1 aromatic heterocycles. The Kier molecular flexibility index (Phi) is 4.16. The number of carbonyl (C=O) groups is 1. The predicted molar refractivity (Wildman–Crippen MR) is 70.5 cm³/mol. The molecule has 0 spiro atoms. The van der Waals surface area contributed by atoms with Gasteiger partial charge in [-0.25, -0.2) is 9.37 Å². The van der Waals surface area contributed by atoms with E-state index in [-0.39, 0.29) is 22.5 Å². The van der Waals surface area contributed by atoms with Gasteiger partial charge in [-0.1, -0.05) is 18.5 Å². The van der Waals surface area contributed by atoms with Crippen molar-refractivity contribution in [2.24, 2.45) is 0 Å². The zero-order chi connectivity index (χ0) is 13.8. The third kappa shape index (κ3) is 3.12. The second kappa shape index (κ2) is 5.84. The summed E-state index contributed by atoms with van der Waals surface area (Å²) in [5.74, 6) is -0.151. The number of aromatic nitrogens is 2. The van der Waals surface area contributed by atoms with Crippen LogP contribution in [0.25, 0.3) is 0 Å². The van der Waals surface area contributed by atoms with Crippen LogP contribution in [0.2, 0.25) is 5.02 Å². The number of nitrogens with one attached hydrogen (secondary N) is 2. The van der Waals surface area contributed by atoms with Crippen molar-refractivity contribution in [2.75, 3.05) is 0 Å². The lowest BCUT2D eigenvalue weighted by molar-refractivity contribution is 0.0934. The van der Waals surface area contributed by atoms with E-state index in [4.69, 9.17) is 11.6 Å². The highest BCUT2D eigenvalue weighted by molar-refractivity contribution is 6.33. The molecule has 0 aliphatic rings. The lowest BCUT2D eigenvalue weighted by atomic mass is 10.1. The Bertz CT molecular complexity index is 571. The molecule has 1 atom stereocenters. The van der Waals surface area contributed by atoms with Gasteiger partial charge in [0.05, 0.1) is 16.6 Å². The van der Waals surface area contributed by atoms with E-state index in [9.17, 15) is 9.18 Å². The number of hydrogen-bond acceptors (Lipinski definition) is 2. The summed E-state index contributed by atoms with van der Waals surface area (Å²) in [6.07, 6.45) is 3.99. The van der Waals surface area contributed by atoms with Gasteiger partial charge in [-0.15, -0.1) is 0 Å². The zero-order valence-electron chi connectivity index (χ0n) is 10.3. The number of rotatable bonds is 4. The lowest BCUT2D eigenvalue weighted by Gasteiger charge is -2.15. The van der Waals surface area contributed by atoms with Gasteiger partial charge in [-0.05, 0) is 24.6 Å². The zero-order valence-corrected chi connectivity index (χ0v) is 11.0. The third-order valence-corrected chi connectivity index (χ3v) is 3.05. The van der Waals surface area contributed by atoms with E-state index in [1.165, 1.54) is 12.1 Å². The van der Waals surface area contributed by atoms with Gasteiger partial charge in [-0.3, -0.25) is 4.79 Å². The Morgan fingerprint density at radius 3 is 2.95 bits per heavy atom. The number of halogens is 2. The average molecular weight is 282 g/mol. The number of amides is 1. The van der Waals surface area contributed by atoms with Crippen molar-refractivity contribution in [1.29, 1.82) is 0 Å². The van der Waals surface area contributed by atoms with E-state index in [2.05, 4.69) is 15.3 Å². The molecule has 0 saturated carbocycles. The highest BCUT2D eigenvalue weighted by Gasteiger charge is 2.17. The molecule has 2 N–H and O–H groups in total. The number of benzene rings is 1. The van der Waals surface area contributed by atoms with Crippen LogP contribution in [-0.4, -0.2) is 15.9 Å². The summed E-state index contributed by atoms with van der Waals surface area (Å²) in [5.41, 5.74) is 0.244. The predicted octanol–water partition coefficient (Wildman–Crippen LogP) is 3.08. The first-order valence-electron chi connectivity index (χ1n) is 5.87. The molecular weight excluding hydrogens is 269 g/mol. The normalized spacial score (nSPS) is 12.2. The minimum atomic E-state index is -0.473. The molecule has 0 bridgehead atoms. The fraction of sp³-hybridized carbons (Fsp3) is 0.231. The summed E-state index contributed by atoms with van der Waals surface area (Å²) in [7, 11) is 0. The van der Waals surface area contributed by atoms with Gasteiger partial charge in [0.2, 0.25) is 0 Å². The van der Waals surface area contributed by atoms with Gasteiger partial charge >= 0.3 is 0 Å². The SMILES string of the molecule is CCC(NC(=O)c1ccc(F)cc1Cl)c1ncc[nH]1. The van der Waals surface area contributed by atoms with Crippen molar-refractivity contribution in [3.05, 3.63) is 52.8 Å². The van der Waals surface area contributed by atoms with E-state index >= 15 is 0 Å². The van der Waals surface area contributed by atoms with Gasteiger partial charge in [0, 0.05) is 12.4 Å². The molecule has 2 aromatic rings. The van der Waals surface area contributed by atoms with Gasteiger partial charge in [0.25, 0.3) is 5.91 Å². The molecule has 6 heteroatoms. The van der Waals surface area contributed by atoms with Crippen LogP contribution in [0.4, 0.5) is 4.39 Å². The minimum Gasteiger partial charge on any atom is -0.347 e. The summed E-state index contributed by atoms with van der Waals surface area (Å²) in [4.78, 5) is 19.1. The van der Waals surface area contributed by atoms with E-state index in [0.29, 0.717) is 12.2 Å². The molecule has 2 rings (SSSR count). The van der Waals surface area contributed by atoms with E-state index in [1.54, 1.807) is 12.4 Å². The molecule has 19 heavy (non-hydrogen) atoms. The maximum atomic E-state index is 12.9. The van der Waals surface area contributed by atoms with Crippen molar-refractivity contribution in [3.63, 3.8) is 0 Å². The fourth-order valence-electron chi connectivity index (χ4n) is 1.74. The lowest BCUT2D eigenvalue weighted by Crippen LogP contribution is -2.29. The first-order chi connectivity index (χ1) is 9.11. The molecule has 0 radical (unpaired) electrons. The van der Waals surface area contributed by atoms with Crippen LogP contribution in [0, 0.1) is 5.82 Å². The molecule has 0 fully saturated rings. The summed E-state index contributed by atoms with van der Waals surface area (Å²) < 4.78 is 12.9. The smallest absolute Gasteiger partial charge is 0.253 e. The minimum absolute atomic E-state index is 0.0896. The Morgan fingerprint density at radius 1 is 1.58 bits per heavy atom. The monoisotopic (exact) mass is 281 g/mol. The molecule has 0 aliphatic heterocycles. The molecule has 1 unspecified atom stereocenters. The summed E-state index contributed by atoms with van der Waals surface area (Å²) >= 11 is 5.85. The van der Waals surface area contributed by atoms with E-state index in [1.807, 2.05) is 6.92 Å². The van der Waals surface area contributed by atoms with Crippen LogP contribution in [0.1, 0.15) is 35.6 Å². The average Bonchev–Trinajstić information content (AvgIpc) is 2.89. The standard InChI is InChI=1S/C13H13ClFN3O/c1-2-11(12-16-5-6-17-12)18-13(19)9-4-3-8(15)7-10(9)14/h3-7,11H,2H2,1H3,(H,16,17)(H,18,19). The van der Waals surface area contributed by atoms with Crippen molar-refractivity contribution in [1.82, 2.24) is 15.3 Å². The Labute approximate surface area is 115 Å². The highest BCUT2D eigenvalue weighted by atomic mass is 35.5. The van der Waals surface area contributed by atoms with Crippen LogP contribution in [0.3, 0.4) is 0 Å². The molecule has 1 amide bonds. The highest BCUT2D eigenvalue weighted by Crippen LogP contribution is 2.19. The van der Waals surface area contributed by atoms with E-state index in [0.717, 1.165) is 6.07 Å². The van der Waals surface area contributed by atoms with Crippen LogP contribution >= 0.6 is 11.6 Å². The molecule has 4 nitrogen and oxygen atoms in total. The van der Waals surface area contributed by atoms with Crippen molar-refractivity contribution < 1.29 is 9.18 Å². The van der Waals surface area contributed by atoms with Crippen LogP contribution in [0.5, 0.6) is 0 Å². The van der Waals surface area contributed by atoms with Gasteiger partial charge in [0.15, 0.2) is 0 Å². The first-order valence-corrected chi connectivity index (χ1v) is 6.24. The maximum Gasteiger partial charge on any atom is 0.253 e. The Hall–Kier alpha value is -1.88. The molecule has 0 saturated heterocycles. The van der Waals surface area contributed by atoms with Crippen molar-refractivity contribution in [2.45, 2.75) is 19.4 Å². The number of aromatic amines is 1. The van der Waals surface area contributed by atoms with Crippen molar-refractivity contribution in [3.8, 4) is 0 Å². The number of H-pyrrole nitrogens is 1. The van der Waals surface area contributed by atoms with Gasteiger partial charge in [0.1, 0.15) is 11.6 Å². The largest absolute Gasteiger partial charge is 0.347 e. The molecule has 1 aromatic carbocycles. The number of nitrogens with zero attached hydrogens (tertiary/aromatic N) is 1. The van der Waals surface area contributed by atoms with Crippen LogP contribution < -0.4 is 5.32 Å². The number of carbonyl (C=O) groups excluding carboxylic acids is 1. The summed E-state index contributed by atoms with van der Waals surface area (Å²) in [5, 5.41) is 2.90. The summed E-state index contributed by atoms with van der Waals surface area (Å²) in [6.45, 7) is 1.93. The second-order valence-corrected chi connectivity index (χ2v) is 4.44. The number of imidazole rings is 1. The topological polar surface area (TPSA) is 57.8 Å². The first kappa shape index (κ1) is 13.5. The second-order valence-electron chi connectivity index (χ2n) is 4.03. The molecular formula is C13H13ClFN3O.